The normalized spacial score (nSPS) is 14.8. The molecule has 0 aliphatic heterocycles. The molecule has 0 saturated carbocycles. The first-order valence-electron chi connectivity index (χ1n) is 9.04. The number of ether oxygens (including phenoxy) is 2. The van der Waals surface area contributed by atoms with Crippen molar-refractivity contribution in [1.29, 1.82) is 0 Å². The fourth-order valence-electron chi connectivity index (χ4n) is 1.29. The van der Waals surface area contributed by atoms with Gasteiger partial charge in [0.15, 0.2) is 0 Å². The van der Waals surface area contributed by atoms with Crippen molar-refractivity contribution in [2.24, 2.45) is 0 Å². The van der Waals surface area contributed by atoms with E-state index in [9.17, 15) is 114 Å². The molecule has 31 heteroatoms. The third kappa shape index (κ3) is 14.1. The SMILES string of the molecule is C=C(F)F.FC(OC(F)(F)C(F)(F)C(F)(F)F)C(F)(F)OCC(F)(F)C(F)(F)C(F)(F)F.OCC(F)(F)C(F)(F)C(F)(F)F.[K+].[OH-]. The van der Waals surface area contributed by atoms with E-state index < -0.39 is 86.0 Å². The van der Waals surface area contributed by atoms with Crippen molar-refractivity contribution >= 4 is 0 Å². The van der Waals surface area contributed by atoms with Gasteiger partial charge in [0.25, 0.3) is 12.4 Å². The van der Waals surface area contributed by atoms with Crippen molar-refractivity contribution in [2.45, 2.75) is 66.7 Å². The Balaban J connectivity index is -0.000000259. The van der Waals surface area contributed by atoms with Gasteiger partial charge in [-0.1, -0.05) is 0 Å². The van der Waals surface area contributed by atoms with Gasteiger partial charge in [0, 0.05) is 0 Å². The molecule has 0 rings (SSSR count). The Hall–Kier alpha value is -0.604. The van der Waals surface area contributed by atoms with E-state index in [0.717, 1.165) is 0 Å². The van der Waals surface area contributed by atoms with Gasteiger partial charge < -0.3 is 15.3 Å². The molecule has 4 nitrogen and oxygen atoms in total. The largest absolute Gasteiger partial charge is 1.00 e. The predicted octanol–water partition coefficient (Wildman–Crippen LogP) is 5.57. The average molecular weight is 786 g/mol. The van der Waals surface area contributed by atoms with Crippen LogP contribution in [0.15, 0.2) is 12.7 Å². The topological polar surface area (TPSA) is 68.7 Å². The monoisotopic (exact) mass is 786 g/mol. The summed E-state index contributed by atoms with van der Waals surface area (Å²) in [6.45, 7) is -4.07. The van der Waals surface area contributed by atoms with Crippen molar-refractivity contribution in [3.8, 4) is 0 Å². The summed E-state index contributed by atoms with van der Waals surface area (Å²) >= 11 is 0. The van der Waals surface area contributed by atoms with Crippen LogP contribution in [0.3, 0.4) is 0 Å². The zero-order chi connectivity index (χ0) is 37.0. The number of aliphatic hydroxyl groups is 1. The van der Waals surface area contributed by atoms with Gasteiger partial charge in [-0.3, -0.25) is 4.74 Å². The third-order valence-electron chi connectivity index (χ3n) is 3.51. The molecule has 276 valence electrons. The minimum Gasteiger partial charge on any atom is -0.870 e. The van der Waals surface area contributed by atoms with Crippen molar-refractivity contribution in [3.63, 3.8) is 0 Å². The number of alkyl halides is 24. The second-order valence-electron chi connectivity index (χ2n) is 6.92. The van der Waals surface area contributed by atoms with Crippen LogP contribution in [0, 0.1) is 0 Å². The summed E-state index contributed by atoms with van der Waals surface area (Å²) in [5.74, 6) is -32.6. The maximum Gasteiger partial charge on any atom is 1.00 e. The summed E-state index contributed by atoms with van der Waals surface area (Å²) in [5, 5.41) is 7.56. The molecule has 0 heterocycles. The van der Waals surface area contributed by atoms with Gasteiger partial charge in [0.05, 0.1) is 0 Å². The molecule has 0 aliphatic carbocycles. The van der Waals surface area contributed by atoms with Crippen LogP contribution in [-0.2, 0) is 9.47 Å². The van der Waals surface area contributed by atoms with E-state index >= 15 is 0 Å². The van der Waals surface area contributed by atoms with Gasteiger partial charge in [0.2, 0.25) is 0 Å². The van der Waals surface area contributed by atoms with Crippen LogP contribution in [0.5, 0.6) is 0 Å². The molecular formula is C15H9F26KO4. The van der Waals surface area contributed by atoms with Crippen LogP contribution in [0.25, 0.3) is 0 Å². The standard InChI is InChI=1S/C9H3F17O2.C4H3F7O.C2H2F2.K.H2O/c10-2(28-9(25,26)6(17,18)8(22,23)24)4(13,14)27-1-3(11,12)5(15,16)7(19,20)21;5-2(6,1-12)3(7,8)4(9,10)11;1-2(3)4;;/h2H,1H2;12H,1H2;1H2;;1H2/q;;;+1;/p-1. The van der Waals surface area contributed by atoms with E-state index in [-0.39, 0.29) is 56.9 Å². The first kappa shape index (κ1) is 54.8. The van der Waals surface area contributed by atoms with Crippen LogP contribution in [0.1, 0.15) is 0 Å². The third-order valence-corrected chi connectivity index (χ3v) is 3.51. The molecule has 0 aromatic rings. The molecule has 0 aromatic carbocycles. The second kappa shape index (κ2) is 17.4. The number of aliphatic hydroxyl groups excluding tert-OH is 1. The summed E-state index contributed by atoms with van der Waals surface area (Å²) < 4.78 is 313. The average Bonchev–Trinajstić information content (AvgIpc) is 2.75. The van der Waals surface area contributed by atoms with Crippen molar-refractivity contribution in [1.82, 2.24) is 0 Å². The minimum absolute atomic E-state index is 0. The molecule has 0 aliphatic rings. The van der Waals surface area contributed by atoms with Crippen LogP contribution in [0.2, 0.25) is 0 Å². The predicted molar refractivity (Wildman–Crippen MR) is 85.1 cm³/mol. The van der Waals surface area contributed by atoms with Crippen molar-refractivity contribution < 1.29 is 186 Å². The van der Waals surface area contributed by atoms with E-state index in [1.54, 1.807) is 0 Å². The molecule has 1 atom stereocenters. The Kier molecular flexibility index (Phi) is 20.7. The fourth-order valence-corrected chi connectivity index (χ4v) is 1.29. The Labute approximate surface area is 277 Å². The summed E-state index contributed by atoms with van der Waals surface area (Å²) in [5.41, 5.74) is 0. The van der Waals surface area contributed by atoms with Gasteiger partial charge in [-0.15, -0.1) is 0 Å². The van der Waals surface area contributed by atoms with Crippen LogP contribution >= 0.6 is 0 Å². The Morgan fingerprint density at radius 2 is 0.826 bits per heavy atom. The molecule has 0 saturated heterocycles. The van der Waals surface area contributed by atoms with Crippen molar-refractivity contribution in [3.05, 3.63) is 12.7 Å². The molecule has 0 bridgehead atoms. The van der Waals surface area contributed by atoms with E-state index in [4.69, 9.17) is 5.11 Å². The molecule has 46 heavy (non-hydrogen) atoms. The summed E-state index contributed by atoms with van der Waals surface area (Å²) in [6, 6.07) is 0. The molecule has 1 unspecified atom stereocenters. The first-order chi connectivity index (χ1) is 18.6. The van der Waals surface area contributed by atoms with Gasteiger partial charge >= 0.3 is 112 Å². The van der Waals surface area contributed by atoms with Gasteiger partial charge in [-0.2, -0.15) is 110 Å². The fraction of sp³-hybridized carbons (Fsp3) is 0.867. The van der Waals surface area contributed by atoms with Crippen LogP contribution in [0.4, 0.5) is 114 Å². The maximum atomic E-state index is 12.8. The Morgan fingerprint density at radius 1 is 0.565 bits per heavy atom. The Morgan fingerprint density at radius 3 is 1.04 bits per heavy atom. The molecule has 0 fully saturated rings. The number of hydrogen-bond acceptors (Lipinski definition) is 4. The molecule has 0 aromatic heterocycles. The van der Waals surface area contributed by atoms with E-state index in [0.29, 0.717) is 0 Å². The maximum absolute atomic E-state index is 12.8. The summed E-state index contributed by atoms with van der Waals surface area (Å²) in [6.07, 6.45) is -41.4. The molecule has 2 N–H and O–H groups in total. The zero-order valence-corrected chi connectivity index (χ0v) is 23.9. The quantitative estimate of drug-likeness (QED) is 0.233. The number of halogens is 26. The van der Waals surface area contributed by atoms with E-state index in [1.165, 1.54) is 0 Å². The smallest absolute Gasteiger partial charge is 0.870 e. The molecular weight excluding hydrogens is 777 g/mol. The number of hydrogen-bond donors (Lipinski definition) is 1. The molecule has 0 spiro atoms. The molecule has 0 radical (unpaired) electrons. The first-order valence-corrected chi connectivity index (χ1v) is 9.04. The minimum atomic E-state index is -7.31. The Bertz CT molecular complexity index is 904. The van der Waals surface area contributed by atoms with E-state index in [1.807, 2.05) is 4.74 Å². The summed E-state index contributed by atoms with van der Waals surface area (Å²) in [7, 11) is 0. The van der Waals surface area contributed by atoms with E-state index in [2.05, 4.69) is 11.3 Å². The van der Waals surface area contributed by atoms with Gasteiger partial charge in [-0.05, 0) is 6.58 Å². The second-order valence-corrected chi connectivity index (χ2v) is 6.92. The van der Waals surface area contributed by atoms with Crippen LogP contribution in [-0.4, -0.2) is 90.5 Å². The zero-order valence-electron chi connectivity index (χ0n) is 20.7. The van der Waals surface area contributed by atoms with Crippen LogP contribution < -0.4 is 51.4 Å². The van der Waals surface area contributed by atoms with Gasteiger partial charge in [-0.25, -0.2) is 4.39 Å². The summed E-state index contributed by atoms with van der Waals surface area (Å²) in [4.78, 5) is 0. The van der Waals surface area contributed by atoms with Gasteiger partial charge in [0.1, 0.15) is 13.2 Å². The van der Waals surface area contributed by atoms with Crippen molar-refractivity contribution in [2.75, 3.05) is 13.2 Å². The number of rotatable bonds is 10. The molecule has 0 amide bonds.